The van der Waals surface area contributed by atoms with E-state index in [1.165, 1.54) is 0 Å². The molecule has 0 bridgehead atoms. The zero-order chi connectivity index (χ0) is 33.0. The molecule has 10 nitrogen and oxygen atoms in total. The fourth-order valence-electron chi connectivity index (χ4n) is 5.25. The van der Waals surface area contributed by atoms with Crippen LogP contribution in [0.3, 0.4) is 0 Å². The molecule has 3 aromatic heterocycles. The van der Waals surface area contributed by atoms with E-state index < -0.39 is 0 Å². The van der Waals surface area contributed by atoms with Crippen molar-refractivity contribution in [2.75, 3.05) is 24.9 Å². The molecule has 1 amide bonds. The van der Waals surface area contributed by atoms with Crippen LogP contribution in [0.4, 0.5) is 11.6 Å². The van der Waals surface area contributed by atoms with Crippen molar-refractivity contribution < 1.29 is 18.8 Å². The Morgan fingerprint density at radius 3 is 2.11 bits per heavy atom. The van der Waals surface area contributed by atoms with Crippen LogP contribution in [0, 0.1) is 0 Å². The summed E-state index contributed by atoms with van der Waals surface area (Å²) >= 11 is 0. The second-order valence-electron chi connectivity index (χ2n) is 12.4. The van der Waals surface area contributed by atoms with Crippen molar-refractivity contribution in [1.82, 2.24) is 19.9 Å². The number of benzene rings is 3. The highest BCUT2D eigenvalue weighted by atomic mass is 16.5. The number of amides is 1. The molecule has 0 radical (unpaired) electrons. The average Bonchev–Trinajstić information content (AvgIpc) is 3.70. The number of carbonyl (C=O) groups is 1. The van der Waals surface area contributed by atoms with Crippen LogP contribution in [-0.4, -0.2) is 40.0 Å². The van der Waals surface area contributed by atoms with Crippen LogP contribution in [0.5, 0.6) is 11.5 Å². The van der Waals surface area contributed by atoms with Gasteiger partial charge in [0.2, 0.25) is 5.91 Å². The molecule has 0 spiro atoms. The summed E-state index contributed by atoms with van der Waals surface area (Å²) in [6.45, 7) is 7.24. The van der Waals surface area contributed by atoms with Gasteiger partial charge in [-0.15, -0.1) is 0 Å². The van der Waals surface area contributed by atoms with E-state index in [4.69, 9.17) is 24.1 Å². The number of methoxy groups -OCH3 is 2. The Balaban J connectivity index is 1.27. The summed E-state index contributed by atoms with van der Waals surface area (Å²) < 4.78 is 18.0. The lowest BCUT2D eigenvalue weighted by molar-refractivity contribution is -0.115. The smallest absolute Gasteiger partial charge is 0.230 e. The standard InChI is InChI=1S/C37H38N6O4/c1-37(2,3)31-21-32(42-47-31)40-33(44)20-24-6-12-27(13-7-24)35-34-30(43(41-35)23-26-10-16-29(46-5)17-11-26)18-19-38-36(34)39-22-25-8-14-28(45-4)15-9-25/h6-19,21H,20,22-23H2,1-5H3,(H,38,39)(H,40,42,44). The van der Waals surface area contributed by atoms with Crippen LogP contribution in [0.25, 0.3) is 22.2 Å². The van der Waals surface area contributed by atoms with Gasteiger partial charge in [0, 0.05) is 29.8 Å². The molecule has 240 valence electrons. The van der Waals surface area contributed by atoms with Crippen molar-refractivity contribution in [1.29, 1.82) is 0 Å². The molecule has 0 aliphatic rings. The Kier molecular flexibility index (Phi) is 8.92. The van der Waals surface area contributed by atoms with Gasteiger partial charge in [-0.2, -0.15) is 5.10 Å². The molecule has 0 atom stereocenters. The predicted molar refractivity (Wildman–Crippen MR) is 183 cm³/mol. The summed E-state index contributed by atoms with van der Waals surface area (Å²) in [4.78, 5) is 17.5. The molecule has 0 saturated heterocycles. The first-order valence-electron chi connectivity index (χ1n) is 15.4. The third-order valence-corrected chi connectivity index (χ3v) is 7.88. The number of pyridine rings is 1. The van der Waals surface area contributed by atoms with Gasteiger partial charge in [0.25, 0.3) is 0 Å². The molecule has 0 fully saturated rings. The molecule has 0 saturated carbocycles. The summed E-state index contributed by atoms with van der Waals surface area (Å²) in [5.74, 6) is 3.30. The van der Waals surface area contributed by atoms with Crippen molar-refractivity contribution in [2.24, 2.45) is 0 Å². The minimum absolute atomic E-state index is 0.171. The Labute approximate surface area is 273 Å². The van der Waals surface area contributed by atoms with Crippen LogP contribution in [-0.2, 0) is 29.7 Å². The van der Waals surface area contributed by atoms with Crippen molar-refractivity contribution in [3.05, 3.63) is 114 Å². The maximum absolute atomic E-state index is 12.8. The number of hydrogen-bond donors (Lipinski definition) is 2. The normalized spacial score (nSPS) is 11.4. The summed E-state index contributed by atoms with van der Waals surface area (Å²) in [6.07, 6.45) is 2.00. The first-order valence-corrected chi connectivity index (χ1v) is 15.4. The Morgan fingerprint density at radius 1 is 0.851 bits per heavy atom. The summed E-state index contributed by atoms with van der Waals surface area (Å²) in [7, 11) is 3.32. The highest BCUT2D eigenvalue weighted by molar-refractivity contribution is 6.01. The van der Waals surface area contributed by atoms with Gasteiger partial charge in [0.1, 0.15) is 28.8 Å². The van der Waals surface area contributed by atoms with E-state index in [1.807, 2.05) is 104 Å². The average molecular weight is 631 g/mol. The fraction of sp³-hybridized carbons (Fsp3) is 0.243. The van der Waals surface area contributed by atoms with E-state index in [9.17, 15) is 4.79 Å². The molecule has 6 rings (SSSR count). The van der Waals surface area contributed by atoms with E-state index in [-0.39, 0.29) is 17.7 Å². The number of aromatic nitrogens is 4. The second-order valence-corrected chi connectivity index (χ2v) is 12.4. The summed E-state index contributed by atoms with van der Waals surface area (Å²) in [5.41, 5.74) is 5.52. The number of rotatable bonds is 11. The molecule has 47 heavy (non-hydrogen) atoms. The predicted octanol–water partition coefficient (Wildman–Crippen LogP) is 7.24. The van der Waals surface area contributed by atoms with Crippen LogP contribution in [0.15, 0.2) is 95.6 Å². The SMILES string of the molecule is COc1ccc(CNc2nccc3c2c(-c2ccc(CC(=O)Nc4cc(C(C)(C)C)on4)cc2)nn3Cc2ccc(OC)cc2)cc1. The number of anilines is 2. The van der Waals surface area contributed by atoms with Crippen molar-refractivity contribution in [2.45, 2.75) is 45.7 Å². The minimum Gasteiger partial charge on any atom is -0.497 e. The molecule has 3 heterocycles. The van der Waals surface area contributed by atoms with Gasteiger partial charge in [-0.3, -0.25) is 9.48 Å². The number of nitrogens with zero attached hydrogens (tertiary/aromatic N) is 4. The molecule has 10 heteroatoms. The molecule has 0 aliphatic carbocycles. The highest BCUT2D eigenvalue weighted by Gasteiger charge is 2.21. The first-order chi connectivity index (χ1) is 22.7. The molecule has 3 aromatic carbocycles. The lowest BCUT2D eigenvalue weighted by atomic mass is 9.93. The van der Waals surface area contributed by atoms with E-state index >= 15 is 0 Å². The van der Waals surface area contributed by atoms with Crippen LogP contribution in [0.1, 0.15) is 43.2 Å². The van der Waals surface area contributed by atoms with Crippen molar-refractivity contribution in [3.8, 4) is 22.8 Å². The van der Waals surface area contributed by atoms with E-state index in [1.54, 1.807) is 26.5 Å². The zero-order valence-corrected chi connectivity index (χ0v) is 27.2. The molecule has 0 unspecified atom stereocenters. The van der Waals surface area contributed by atoms with Gasteiger partial charge in [0.05, 0.1) is 38.1 Å². The van der Waals surface area contributed by atoms with E-state index in [0.717, 1.165) is 56.2 Å². The van der Waals surface area contributed by atoms with Gasteiger partial charge >= 0.3 is 0 Å². The van der Waals surface area contributed by atoms with Crippen molar-refractivity contribution >= 4 is 28.4 Å². The van der Waals surface area contributed by atoms with Gasteiger partial charge in [-0.1, -0.05) is 74.5 Å². The number of ether oxygens (including phenoxy) is 2. The van der Waals surface area contributed by atoms with Gasteiger partial charge < -0.3 is 24.6 Å². The van der Waals surface area contributed by atoms with E-state index in [2.05, 4.69) is 15.8 Å². The van der Waals surface area contributed by atoms with Gasteiger partial charge in [0.15, 0.2) is 5.82 Å². The third kappa shape index (κ3) is 7.27. The van der Waals surface area contributed by atoms with Crippen molar-refractivity contribution in [3.63, 3.8) is 0 Å². The highest BCUT2D eigenvalue weighted by Crippen LogP contribution is 2.34. The molecular weight excluding hydrogens is 592 g/mol. The second kappa shape index (κ2) is 13.4. The number of nitrogens with one attached hydrogen (secondary N) is 2. The molecule has 0 aliphatic heterocycles. The largest absolute Gasteiger partial charge is 0.497 e. The molecular formula is C37H38N6O4. The van der Waals surface area contributed by atoms with Gasteiger partial charge in [-0.25, -0.2) is 4.98 Å². The number of hydrogen-bond acceptors (Lipinski definition) is 8. The summed E-state index contributed by atoms with van der Waals surface area (Å²) in [5, 5.41) is 16.4. The minimum atomic E-state index is -0.196. The Hall–Kier alpha value is -5.64. The monoisotopic (exact) mass is 630 g/mol. The van der Waals surface area contributed by atoms with E-state index in [0.29, 0.717) is 24.7 Å². The van der Waals surface area contributed by atoms with Crippen LogP contribution < -0.4 is 20.1 Å². The topological polar surface area (TPSA) is 116 Å². The zero-order valence-electron chi connectivity index (χ0n) is 27.2. The number of fused-ring (bicyclic) bond motifs is 1. The van der Waals surface area contributed by atoms with Gasteiger partial charge in [-0.05, 0) is 47.0 Å². The van der Waals surface area contributed by atoms with Crippen LogP contribution in [0.2, 0.25) is 0 Å². The summed E-state index contributed by atoms with van der Waals surface area (Å²) in [6, 6.07) is 27.6. The molecule has 2 N–H and O–H groups in total. The Morgan fingerprint density at radius 2 is 1.49 bits per heavy atom. The fourth-order valence-corrected chi connectivity index (χ4v) is 5.25. The number of carbonyl (C=O) groups excluding carboxylic acids is 1. The first kappa shape index (κ1) is 31.3. The lowest BCUT2D eigenvalue weighted by Gasteiger charge is -2.12. The maximum atomic E-state index is 12.8. The lowest BCUT2D eigenvalue weighted by Crippen LogP contribution is -2.14. The van der Waals surface area contributed by atoms with Crippen LogP contribution >= 0.6 is 0 Å². The Bertz CT molecular complexity index is 1970. The molecule has 6 aromatic rings. The quantitative estimate of drug-likeness (QED) is 0.154. The third-order valence-electron chi connectivity index (χ3n) is 7.88. The maximum Gasteiger partial charge on any atom is 0.230 e.